The molecule has 130 valence electrons. The predicted molar refractivity (Wildman–Crippen MR) is 92.1 cm³/mol. The SMILES string of the molecule is Cc1cc(C)n2ncc(-c3noc(C4CCCC5CCCN54)n3)c2n1. The molecule has 2 saturated heterocycles. The molecule has 2 fully saturated rings. The molecule has 0 amide bonds. The zero-order valence-corrected chi connectivity index (χ0v) is 14.6. The van der Waals surface area contributed by atoms with Crippen molar-refractivity contribution >= 4 is 5.65 Å². The first kappa shape index (κ1) is 15.0. The van der Waals surface area contributed by atoms with Crippen LogP contribution in [-0.2, 0) is 0 Å². The fourth-order valence-electron chi connectivity index (χ4n) is 4.46. The van der Waals surface area contributed by atoms with E-state index in [2.05, 4.69) is 20.1 Å². The van der Waals surface area contributed by atoms with E-state index in [9.17, 15) is 0 Å². The second kappa shape index (κ2) is 5.62. The van der Waals surface area contributed by atoms with Crippen molar-refractivity contribution in [1.82, 2.24) is 29.6 Å². The lowest BCUT2D eigenvalue weighted by Gasteiger charge is -2.35. The monoisotopic (exact) mass is 338 g/mol. The maximum absolute atomic E-state index is 5.68. The van der Waals surface area contributed by atoms with Crippen LogP contribution in [0.5, 0.6) is 0 Å². The summed E-state index contributed by atoms with van der Waals surface area (Å²) in [6, 6.07) is 2.97. The Labute approximate surface area is 146 Å². The van der Waals surface area contributed by atoms with E-state index in [0.29, 0.717) is 11.9 Å². The van der Waals surface area contributed by atoms with Gasteiger partial charge in [0, 0.05) is 17.4 Å². The van der Waals surface area contributed by atoms with Gasteiger partial charge in [0.15, 0.2) is 5.65 Å². The highest BCUT2D eigenvalue weighted by Gasteiger charge is 2.37. The van der Waals surface area contributed by atoms with Crippen molar-refractivity contribution in [2.45, 2.75) is 58.0 Å². The lowest BCUT2D eigenvalue weighted by molar-refractivity contribution is 0.0975. The maximum Gasteiger partial charge on any atom is 0.244 e. The van der Waals surface area contributed by atoms with E-state index >= 15 is 0 Å². The molecule has 3 aromatic heterocycles. The van der Waals surface area contributed by atoms with Crippen LogP contribution in [0.2, 0.25) is 0 Å². The molecule has 2 aliphatic heterocycles. The Balaban J connectivity index is 1.53. The molecule has 5 rings (SSSR count). The second-order valence-electron chi connectivity index (χ2n) is 7.27. The average Bonchev–Trinajstić information content (AvgIpc) is 3.32. The number of aromatic nitrogens is 5. The number of hydrogen-bond donors (Lipinski definition) is 0. The molecule has 7 heteroatoms. The third kappa shape index (κ3) is 2.37. The number of rotatable bonds is 2. The number of hydrogen-bond acceptors (Lipinski definition) is 6. The predicted octanol–water partition coefficient (Wildman–Crippen LogP) is 3.09. The molecule has 0 aromatic carbocycles. The van der Waals surface area contributed by atoms with Crippen molar-refractivity contribution in [1.29, 1.82) is 0 Å². The molecule has 0 spiro atoms. The third-order valence-electron chi connectivity index (χ3n) is 5.58. The second-order valence-corrected chi connectivity index (χ2v) is 7.27. The third-order valence-corrected chi connectivity index (χ3v) is 5.58. The van der Waals surface area contributed by atoms with Crippen molar-refractivity contribution in [3.63, 3.8) is 0 Å². The molecule has 2 atom stereocenters. The Morgan fingerprint density at radius 1 is 1.12 bits per heavy atom. The van der Waals surface area contributed by atoms with Gasteiger partial charge in [-0.05, 0) is 58.6 Å². The van der Waals surface area contributed by atoms with E-state index in [1.165, 1.54) is 25.7 Å². The van der Waals surface area contributed by atoms with Crippen LogP contribution >= 0.6 is 0 Å². The Morgan fingerprint density at radius 2 is 2.00 bits per heavy atom. The molecular formula is C18H22N6O. The van der Waals surface area contributed by atoms with Gasteiger partial charge in [-0.25, -0.2) is 9.50 Å². The minimum atomic E-state index is 0.265. The Kier molecular flexibility index (Phi) is 3.38. The molecule has 0 N–H and O–H groups in total. The van der Waals surface area contributed by atoms with E-state index in [1.54, 1.807) is 6.20 Å². The lowest BCUT2D eigenvalue weighted by Crippen LogP contribution is -2.37. The Hall–Kier alpha value is -2.28. The van der Waals surface area contributed by atoms with Crippen LogP contribution in [-0.4, -0.2) is 42.2 Å². The summed E-state index contributed by atoms with van der Waals surface area (Å²) >= 11 is 0. The van der Waals surface area contributed by atoms with Crippen molar-refractivity contribution in [3.8, 4) is 11.4 Å². The van der Waals surface area contributed by atoms with Gasteiger partial charge in [-0.2, -0.15) is 10.1 Å². The first-order chi connectivity index (χ1) is 12.2. The first-order valence-corrected chi connectivity index (χ1v) is 9.12. The summed E-state index contributed by atoms with van der Waals surface area (Å²) in [5.74, 6) is 1.33. The van der Waals surface area contributed by atoms with Crippen molar-refractivity contribution in [3.05, 3.63) is 29.5 Å². The summed E-state index contributed by atoms with van der Waals surface area (Å²) in [5.41, 5.74) is 3.62. The largest absolute Gasteiger partial charge is 0.337 e. The highest BCUT2D eigenvalue weighted by Crippen LogP contribution is 2.39. The number of fused-ring (bicyclic) bond motifs is 2. The normalized spacial score (nSPS) is 24.1. The van der Waals surface area contributed by atoms with Crippen LogP contribution in [0.3, 0.4) is 0 Å². The van der Waals surface area contributed by atoms with E-state index in [4.69, 9.17) is 9.51 Å². The number of aryl methyl sites for hydroxylation is 2. The summed E-state index contributed by atoms with van der Waals surface area (Å²) in [6.07, 6.45) is 7.99. The number of piperidine rings is 1. The first-order valence-electron chi connectivity index (χ1n) is 9.12. The number of nitrogens with zero attached hydrogens (tertiary/aromatic N) is 6. The van der Waals surface area contributed by atoms with Gasteiger partial charge in [0.05, 0.1) is 17.8 Å². The molecule has 0 saturated carbocycles. The molecule has 0 aliphatic carbocycles. The summed E-state index contributed by atoms with van der Waals surface area (Å²) in [4.78, 5) is 11.9. The standard InChI is InChI=1S/C18H22N6O/c1-11-9-12(2)24-17(20-11)14(10-19-24)16-21-18(25-22-16)15-7-3-5-13-6-4-8-23(13)15/h9-10,13,15H,3-8H2,1-2H3. The van der Waals surface area contributed by atoms with Gasteiger partial charge >= 0.3 is 0 Å². The van der Waals surface area contributed by atoms with Crippen LogP contribution < -0.4 is 0 Å². The molecule has 2 unspecified atom stereocenters. The van der Waals surface area contributed by atoms with Gasteiger partial charge in [-0.3, -0.25) is 4.90 Å². The van der Waals surface area contributed by atoms with Gasteiger partial charge in [0.1, 0.15) is 0 Å². The average molecular weight is 338 g/mol. The molecule has 7 nitrogen and oxygen atoms in total. The van der Waals surface area contributed by atoms with Crippen molar-refractivity contribution < 1.29 is 4.52 Å². The quantitative estimate of drug-likeness (QED) is 0.715. The van der Waals surface area contributed by atoms with E-state index in [-0.39, 0.29) is 6.04 Å². The fraction of sp³-hybridized carbons (Fsp3) is 0.556. The zero-order chi connectivity index (χ0) is 17.0. The highest BCUT2D eigenvalue weighted by molar-refractivity contribution is 5.72. The Morgan fingerprint density at radius 3 is 2.92 bits per heavy atom. The van der Waals surface area contributed by atoms with Gasteiger partial charge in [-0.15, -0.1) is 0 Å². The summed E-state index contributed by atoms with van der Waals surface area (Å²) in [5, 5.41) is 8.68. The molecular weight excluding hydrogens is 316 g/mol. The topological polar surface area (TPSA) is 72.3 Å². The summed E-state index contributed by atoms with van der Waals surface area (Å²) in [7, 11) is 0. The van der Waals surface area contributed by atoms with Gasteiger partial charge in [-0.1, -0.05) is 5.16 Å². The fourth-order valence-corrected chi connectivity index (χ4v) is 4.46. The van der Waals surface area contributed by atoms with Crippen molar-refractivity contribution in [2.24, 2.45) is 0 Å². The van der Waals surface area contributed by atoms with Crippen LogP contribution in [0.25, 0.3) is 17.0 Å². The van der Waals surface area contributed by atoms with Gasteiger partial charge < -0.3 is 4.52 Å². The molecule has 5 heterocycles. The smallest absolute Gasteiger partial charge is 0.244 e. The van der Waals surface area contributed by atoms with Gasteiger partial charge in [0.2, 0.25) is 11.7 Å². The van der Waals surface area contributed by atoms with E-state index < -0.39 is 0 Å². The maximum atomic E-state index is 5.68. The highest BCUT2D eigenvalue weighted by atomic mass is 16.5. The van der Waals surface area contributed by atoms with Gasteiger partial charge in [0.25, 0.3) is 0 Å². The molecule has 25 heavy (non-hydrogen) atoms. The minimum Gasteiger partial charge on any atom is -0.337 e. The molecule has 3 aromatic rings. The molecule has 2 aliphatic rings. The minimum absolute atomic E-state index is 0.265. The summed E-state index contributed by atoms with van der Waals surface area (Å²) in [6.45, 7) is 5.15. The van der Waals surface area contributed by atoms with E-state index in [0.717, 1.165) is 41.5 Å². The Bertz CT molecular complexity index is 929. The van der Waals surface area contributed by atoms with Crippen molar-refractivity contribution in [2.75, 3.05) is 6.54 Å². The van der Waals surface area contributed by atoms with Crippen LogP contribution in [0.15, 0.2) is 16.8 Å². The lowest BCUT2D eigenvalue weighted by atomic mass is 9.96. The van der Waals surface area contributed by atoms with Crippen LogP contribution in [0.1, 0.15) is 55.4 Å². The van der Waals surface area contributed by atoms with E-state index in [1.807, 2.05) is 24.4 Å². The molecule has 0 radical (unpaired) electrons. The van der Waals surface area contributed by atoms with Crippen LogP contribution in [0.4, 0.5) is 0 Å². The zero-order valence-electron chi connectivity index (χ0n) is 14.6. The summed E-state index contributed by atoms with van der Waals surface area (Å²) < 4.78 is 7.51. The van der Waals surface area contributed by atoms with Crippen LogP contribution in [0, 0.1) is 13.8 Å². The molecule has 0 bridgehead atoms.